The van der Waals surface area contributed by atoms with Crippen molar-refractivity contribution in [3.8, 4) is 0 Å². The zero-order valence-corrected chi connectivity index (χ0v) is 7.06. The Labute approximate surface area is 74.7 Å². The van der Waals surface area contributed by atoms with Crippen LogP contribution in [0.15, 0.2) is 28.6 Å². The van der Waals surface area contributed by atoms with E-state index < -0.39 is 0 Å². The largest absolute Gasteiger partial charge is 0.380 e. The molecule has 0 saturated carbocycles. The zero-order chi connectivity index (χ0) is 9.68. The lowest BCUT2D eigenvalue weighted by atomic mass is 10.2. The molecule has 1 aromatic carbocycles. The molecule has 5 heteroatoms. The Hall–Kier alpha value is -1.62. The van der Waals surface area contributed by atoms with E-state index in [-0.39, 0.29) is 18.0 Å². The summed E-state index contributed by atoms with van der Waals surface area (Å²) in [5, 5.41) is 5.53. The van der Waals surface area contributed by atoms with Gasteiger partial charge in [0.25, 0.3) is 0 Å². The highest BCUT2D eigenvalue weighted by Crippen LogP contribution is 2.24. The third kappa shape index (κ3) is 2.16. The fraction of sp³-hybridized carbons (Fsp3) is 0.250. The molecule has 68 valence electrons. The van der Waals surface area contributed by atoms with Crippen LogP contribution in [0.2, 0.25) is 0 Å². The number of ether oxygens (including phenoxy) is 1. The predicted molar refractivity (Wildman–Crippen MR) is 48.1 cm³/mol. The van der Waals surface area contributed by atoms with Crippen molar-refractivity contribution in [1.29, 1.82) is 0 Å². The van der Waals surface area contributed by atoms with E-state index in [0.29, 0.717) is 5.56 Å². The van der Waals surface area contributed by atoms with E-state index in [1.165, 1.54) is 25.3 Å². The van der Waals surface area contributed by atoms with Crippen molar-refractivity contribution in [2.45, 2.75) is 6.61 Å². The SMILES string of the molecule is COCc1cc(N=O)ccc1N=O. The summed E-state index contributed by atoms with van der Waals surface area (Å²) in [6, 6.07) is 4.36. The summed E-state index contributed by atoms with van der Waals surface area (Å²) in [7, 11) is 1.50. The molecule has 0 fully saturated rings. The van der Waals surface area contributed by atoms with Gasteiger partial charge in [-0.05, 0) is 28.6 Å². The maximum atomic E-state index is 10.3. The second-order valence-electron chi connectivity index (χ2n) is 2.43. The third-order valence-corrected chi connectivity index (χ3v) is 1.57. The number of hydrogen-bond acceptors (Lipinski definition) is 5. The lowest BCUT2D eigenvalue weighted by molar-refractivity contribution is 0.185. The van der Waals surface area contributed by atoms with Crippen LogP contribution < -0.4 is 0 Å². The Morgan fingerprint density at radius 1 is 1.31 bits per heavy atom. The molecule has 1 aromatic rings. The van der Waals surface area contributed by atoms with Crippen molar-refractivity contribution in [1.82, 2.24) is 0 Å². The highest BCUT2D eigenvalue weighted by Gasteiger charge is 2.04. The Kier molecular flexibility index (Phi) is 3.22. The maximum Gasteiger partial charge on any atom is 0.113 e. The molecule has 1 rings (SSSR count). The van der Waals surface area contributed by atoms with Crippen molar-refractivity contribution < 1.29 is 4.74 Å². The van der Waals surface area contributed by atoms with Gasteiger partial charge in [0.1, 0.15) is 11.4 Å². The molecule has 0 unspecified atom stereocenters. The topological polar surface area (TPSA) is 68.1 Å². The van der Waals surface area contributed by atoms with Crippen molar-refractivity contribution in [2.24, 2.45) is 10.4 Å². The van der Waals surface area contributed by atoms with Crippen molar-refractivity contribution in [3.63, 3.8) is 0 Å². The van der Waals surface area contributed by atoms with Gasteiger partial charge in [0.2, 0.25) is 0 Å². The normalized spacial score (nSPS) is 9.62. The van der Waals surface area contributed by atoms with Gasteiger partial charge in [0.15, 0.2) is 0 Å². The van der Waals surface area contributed by atoms with E-state index in [1.807, 2.05) is 0 Å². The van der Waals surface area contributed by atoms with E-state index in [9.17, 15) is 9.81 Å². The highest BCUT2D eigenvalue weighted by molar-refractivity contribution is 5.53. The summed E-state index contributed by atoms with van der Waals surface area (Å²) < 4.78 is 4.83. The molecule has 5 nitrogen and oxygen atoms in total. The monoisotopic (exact) mass is 180 g/mol. The maximum absolute atomic E-state index is 10.3. The van der Waals surface area contributed by atoms with Gasteiger partial charge < -0.3 is 4.74 Å². The molecule has 0 spiro atoms. The summed E-state index contributed by atoms with van der Waals surface area (Å²) in [6.07, 6.45) is 0. The number of nitroso groups, excluding NO2 is 2. The number of methoxy groups -OCH3 is 1. The number of hydrogen-bond donors (Lipinski definition) is 0. The first kappa shape index (κ1) is 9.47. The molecule has 0 aliphatic rings. The fourth-order valence-electron chi connectivity index (χ4n) is 0.989. The second kappa shape index (κ2) is 4.42. The van der Waals surface area contributed by atoms with Crippen molar-refractivity contribution >= 4 is 11.4 Å². The van der Waals surface area contributed by atoms with Crippen LogP contribution in [-0.4, -0.2) is 7.11 Å². The first-order chi connectivity index (χ1) is 6.31. The van der Waals surface area contributed by atoms with E-state index in [1.54, 1.807) is 0 Å². The van der Waals surface area contributed by atoms with Gasteiger partial charge in [0, 0.05) is 12.7 Å². The second-order valence-corrected chi connectivity index (χ2v) is 2.43. The Bertz CT molecular complexity index is 325. The van der Waals surface area contributed by atoms with Crippen LogP contribution in [0.5, 0.6) is 0 Å². The molecule has 0 saturated heterocycles. The van der Waals surface area contributed by atoms with Gasteiger partial charge in [-0.25, -0.2) is 0 Å². The summed E-state index contributed by atoms with van der Waals surface area (Å²) in [6.45, 7) is 0.241. The van der Waals surface area contributed by atoms with Gasteiger partial charge in [-0.2, -0.15) is 0 Å². The lowest BCUT2D eigenvalue weighted by Crippen LogP contribution is -1.87. The Morgan fingerprint density at radius 2 is 2.08 bits per heavy atom. The molecule has 13 heavy (non-hydrogen) atoms. The van der Waals surface area contributed by atoms with Crippen molar-refractivity contribution in [3.05, 3.63) is 33.6 Å². The van der Waals surface area contributed by atoms with Crippen molar-refractivity contribution in [2.75, 3.05) is 7.11 Å². The van der Waals surface area contributed by atoms with Crippen LogP contribution >= 0.6 is 0 Å². The molecule has 0 aliphatic heterocycles. The number of nitrogens with zero attached hydrogens (tertiary/aromatic N) is 2. The van der Waals surface area contributed by atoms with Gasteiger partial charge >= 0.3 is 0 Å². The molecule has 0 N–H and O–H groups in total. The van der Waals surface area contributed by atoms with Crippen LogP contribution in [0.1, 0.15) is 5.56 Å². The summed E-state index contributed by atoms with van der Waals surface area (Å²) in [4.78, 5) is 20.5. The first-order valence-electron chi connectivity index (χ1n) is 3.60. The average molecular weight is 180 g/mol. The minimum absolute atomic E-state index is 0.241. The molecular weight excluding hydrogens is 172 g/mol. The molecule has 0 heterocycles. The molecule has 0 amide bonds. The quantitative estimate of drug-likeness (QED) is 0.668. The van der Waals surface area contributed by atoms with Crippen LogP contribution in [0.25, 0.3) is 0 Å². The lowest BCUT2D eigenvalue weighted by Gasteiger charge is -2.01. The van der Waals surface area contributed by atoms with Gasteiger partial charge in [-0.3, -0.25) is 0 Å². The number of benzene rings is 1. The van der Waals surface area contributed by atoms with E-state index in [4.69, 9.17) is 4.74 Å². The number of rotatable bonds is 4. The summed E-state index contributed by atoms with van der Waals surface area (Å²) in [5.74, 6) is 0. The Balaban J connectivity index is 3.09. The molecule has 0 aliphatic carbocycles. The van der Waals surface area contributed by atoms with E-state index >= 15 is 0 Å². The predicted octanol–water partition coefficient (Wildman–Crippen LogP) is 2.63. The minimum Gasteiger partial charge on any atom is -0.380 e. The fourth-order valence-corrected chi connectivity index (χ4v) is 0.989. The van der Waals surface area contributed by atoms with Crippen LogP contribution in [0.4, 0.5) is 11.4 Å². The minimum atomic E-state index is 0.241. The van der Waals surface area contributed by atoms with E-state index in [2.05, 4.69) is 10.4 Å². The molecule has 0 aromatic heterocycles. The summed E-state index contributed by atoms with van der Waals surface area (Å²) >= 11 is 0. The smallest absolute Gasteiger partial charge is 0.113 e. The zero-order valence-electron chi connectivity index (χ0n) is 7.06. The highest BCUT2D eigenvalue weighted by atomic mass is 16.5. The molecular formula is C8H8N2O3. The average Bonchev–Trinajstić information content (AvgIpc) is 2.18. The van der Waals surface area contributed by atoms with Crippen LogP contribution in [-0.2, 0) is 11.3 Å². The van der Waals surface area contributed by atoms with Crippen LogP contribution in [0.3, 0.4) is 0 Å². The Morgan fingerprint density at radius 3 is 2.62 bits per heavy atom. The summed E-state index contributed by atoms with van der Waals surface area (Å²) in [5.41, 5.74) is 1.10. The third-order valence-electron chi connectivity index (χ3n) is 1.57. The van der Waals surface area contributed by atoms with E-state index in [0.717, 1.165) is 0 Å². The molecule has 0 atom stereocenters. The van der Waals surface area contributed by atoms with Gasteiger partial charge in [-0.1, -0.05) is 0 Å². The molecule has 0 radical (unpaired) electrons. The van der Waals surface area contributed by atoms with Gasteiger partial charge in [0.05, 0.1) is 6.61 Å². The van der Waals surface area contributed by atoms with Crippen LogP contribution in [0, 0.1) is 9.81 Å². The first-order valence-corrected chi connectivity index (χ1v) is 3.60. The van der Waals surface area contributed by atoms with Gasteiger partial charge in [-0.15, -0.1) is 9.81 Å². The molecule has 0 bridgehead atoms. The standard InChI is InChI=1S/C8H8N2O3/c1-13-5-6-4-7(9-11)2-3-8(6)10-12/h2-4H,5H2,1H3.